The molecule has 0 bridgehead atoms. The van der Waals surface area contributed by atoms with Crippen molar-refractivity contribution in [2.75, 3.05) is 10.8 Å². The fraction of sp³-hybridized carbons (Fsp3) is 0.238. The normalized spacial score (nSPS) is 13.5. The van der Waals surface area contributed by atoms with Crippen LogP contribution in [0.15, 0.2) is 59.5 Å². The van der Waals surface area contributed by atoms with Gasteiger partial charge in [-0.05, 0) is 54.5 Å². The van der Waals surface area contributed by atoms with Gasteiger partial charge in [0.1, 0.15) is 11.4 Å². The van der Waals surface area contributed by atoms with Gasteiger partial charge in [-0.1, -0.05) is 36.4 Å². The van der Waals surface area contributed by atoms with Crippen LogP contribution < -0.4 is 4.31 Å². The van der Waals surface area contributed by atoms with Crippen molar-refractivity contribution in [3.05, 3.63) is 77.4 Å². The third kappa shape index (κ3) is 3.19. The van der Waals surface area contributed by atoms with Crippen molar-refractivity contribution in [2.45, 2.75) is 31.7 Å². The summed E-state index contributed by atoms with van der Waals surface area (Å²) < 4.78 is 31.9. The zero-order chi connectivity index (χ0) is 21.6. The molecular formula is C21H21N7O2S. The summed E-state index contributed by atoms with van der Waals surface area (Å²) in [6, 6.07) is 17.1. The lowest BCUT2D eigenvalue weighted by Crippen LogP contribution is -2.30. The minimum Gasteiger partial charge on any atom is -0.266 e. The summed E-state index contributed by atoms with van der Waals surface area (Å²) >= 11 is 0. The van der Waals surface area contributed by atoms with Crippen LogP contribution in [0.2, 0.25) is 0 Å². The monoisotopic (exact) mass is 435 g/mol. The number of tetrazole rings is 1. The highest BCUT2D eigenvalue weighted by Crippen LogP contribution is 2.34. The van der Waals surface area contributed by atoms with Crippen LogP contribution in [0.4, 0.5) is 5.69 Å². The van der Waals surface area contributed by atoms with Gasteiger partial charge in [-0.3, -0.25) is 8.99 Å². The summed E-state index contributed by atoms with van der Waals surface area (Å²) in [4.78, 5) is 0.239. The Hall–Kier alpha value is -3.53. The van der Waals surface area contributed by atoms with Gasteiger partial charge in [-0.2, -0.15) is 9.78 Å². The first-order valence-corrected chi connectivity index (χ1v) is 11.4. The number of benzene rings is 2. The number of aryl methyl sites for hydroxylation is 1. The van der Waals surface area contributed by atoms with Crippen LogP contribution in [0.3, 0.4) is 0 Å². The molecule has 0 fully saturated rings. The maximum absolute atomic E-state index is 13.6. The van der Waals surface area contributed by atoms with Gasteiger partial charge in [0, 0.05) is 6.54 Å². The lowest BCUT2D eigenvalue weighted by molar-refractivity contribution is 0.588. The molecule has 0 unspecified atom stereocenters. The Bertz CT molecular complexity index is 1360. The molecule has 4 aromatic rings. The Labute approximate surface area is 180 Å². The van der Waals surface area contributed by atoms with E-state index in [-0.39, 0.29) is 11.4 Å². The molecule has 1 aliphatic heterocycles. The molecule has 0 amide bonds. The molecule has 0 saturated carbocycles. The lowest BCUT2D eigenvalue weighted by atomic mass is 10.2. The smallest absolute Gasteiger partial charge is 0.266 e. The second kappa shape index (κ2) is 7.31. The summed E-state index contributed by atoms with van der Waals surface area (Å²) in [6.45, 7) is 4.17. The van der Waals surface area contributed by atoms with Crippen molar-refractivity contribution in [2.24, 2.45) is 0 Å². The largest absolute Gasteiger partial charge is 0.268 e. The lowest BCUT2D eigenvalue weighted by Gasteiger charge is -2.19. The van der Waals surface area contributed by atoms with Crippen LogP contribution in [0, 0.1) is 13.8 Å². The molecule has 31 heavy (non-hydrogen) atoms. The second-order valence-electron chi connectivity index (χ2n) is 7.46. The number of sulfonamides is 1. The Morgan fingerprint density at radius 1 is 1.00 bits per heavy atom. The first-order chi connectivity index (χ1) is 15.0. The minimum atomic E-state index is -3.74. The topological polar surface area (TPSA) is 98.8 Å². The minimum absolute atomic E-state index is 0.239. The van der Waals surface area contributed by atoms with E-state index in [4.69, 9.17) is 0 Å². The van der Waals surface area contributed by atoms with Gasteiger partial charge in [0.15, 0.2) is 5.82 Å². The van der Waals surface area contributed by atoms with Gasteiger partial charge in [0.25, 0.3) is 10.0 Å². The second-order valence-corrected chi connectivity index (χ2v) is 9.26. The van der Waals surface area contributed by atoms with Gasteiger partial charge in [-0.15, -0.1) is 5.10 Å². The molecule has 0 atom stereocenters. The fourth-order valence-corrected chi connectivity index (χ4v) is 5.97. The average molecular weight is 436 g/mol. The number of anilines is 1. The van der Waals surface area contributed by atoms with Crippen molar-refractivity contribution >= 4 is 15.7 Å². The van der Waals surface area contributed by atoms with E-state index in [0.717, 1.165) is 16.9 Å². The highest BCUT2D eigenvalue weighted by molar-refractivity contribution is 7.93. The molecule has 0 saturated heterocycles. The molecular weight excluding hydrogens is 414 g/mol. The van der Waals surface area contributed by atoms with Gasteiger partial charge in [-0.25, -0.2) is 8.42 Å². The van der Waals surface area contributed by atoms with E-state index in [9.17, 15) is 8.42 Å². The van der Waals surface area contributed by atoms with E-state index >= 15 is 0 Å². The molecule has 3 heterocycles. The summed E-state index contributed by atoms with van der Waals surface area (Å²) in [5.41, 5.74) is 3.62. The number of hydrogen-bond acceptors (Lipinski definition) is 6. The molecule has 5 rings (SSSR count). The van der Waals surface area contributed by atoms with E-state index in [1.54, 1.807) is 23.2 Å². The number of fused-ring (bicyclic) bond motifs is 1. The van der Waals surface area contributed by atoms with Crippen molar-refractivity contribution in [1.29, 1.82) is 0 Å². The molecule has 0 radical (unpaired) electrons. The highest BCUT2D eigenvalue weighted by Gasteiger charge is 2.35. The molecule has 0 N–H and O–H groups in total. The fourth-order valence-electron chi connectivity index (χ4n) is 4.08. The van der Waals surface area contributed by atoms with E-state index in [1.807, 2.05) is 54.6 Å². The molecule has 158 valence electrons. The van der Waals surface area contributed by atoms with Gasteiger partial charge in [0.05, 0.1) is 22.8 Å². The average Bonchev–Trinajstić information content (AvgIpc) is 3.47. The number of rotatable bonds is 5. The van der Waals surface area contributed by atoms with Crippen LogP contribution in [-0.2, 0) is 23.0 Å². The van der Waals surface area contributed by atoms with Crippen molar-refractivity contribution in [1.82, 2.24) is 30.0 Å². The van der Waals surface area contributed by atoms with Crippen LogP contribution in [0.1, 0.15) is 22.8 Å². The maximum atomic E-state index is 13.6. The van der Waals surface area contributed by atoms with Crippen LogP contribution >= 0.6 is 0 Å². The summed E-state index contributed by atoms with van der Waals surface area (Å²) in [5, 5.41) is 16.5. The molecule has 1 aliphatic rings. The zero-order valence-electron chi connectivity index (χ0n) is 17.2. The number of hydrogen-bond donors (Lipinski definition) is 0. The van der Waals surface area contributed by atoms with Gasteiger partial charge >= 0.3 is 0 Å². The zero-order valence-corrected chi connectivity index (χ0v) is 18.0. The van der Waals surface area contributed by atoms with Crippen LogP contribution in [0.5, 0.6) is 0 Å². The Balaban J connectivity index is 1.51. The quantitative estimate of drug-likeness (QED) is 0.477. The SMILES string of the molecule is Cc1nn(Cc2nnnn2-c2ccccc2)c(C)c1S(=O)(=O)N1CCc2ccccc21. The predicted octanol–water partition coefficient (Wildman–Crippen LogP) is 2.28. The summed E-state index contributed by atoms with van der Waals surface area (Å²) in [7, 11) is -3.74. The number of para-hydroxylation sites is 2. The molecule has 10 heteroatoms. The van der Waals surface area contributed by atoms with E-state index < -0.39 is 10.0 Å². The first-order valence-electron chi connectivity index (χ1n) is 9.94. The van der Waals surface area contributed by atoms with E-state index in [0.29, 0.717) is 30.2 Å². The third-order valence-electron chi connectivity index (χ3n) is 5.53. The molecule has 0 spiro atoms. The first kappa shape index (κ1) is 19.4. The van der Waals surface area contributed by atoms with Gasteiger partial charge in [0.2, 0.25) is 0 Å². The Morgan fingerprint density at radius 2 is 1.74 bits per heavy atom. The van der Waals surface area contributed by atoms with Crippen molar-refractivity contribution < 1.29 is 8.42 Å². The summed E-state index contributed by atoms with van der Waals surface area (Å²) in [6.07, 6.45) is 0.702. The maximum Gasteiger partial charge on any atom is 0.268 e. The predicted molar refractivity (Wildman–Crippen MR) is 115 cm³/mol. The number of aromatic nitrogens is 6. The number of nitrogens with zero attached hydrogens (tertiary/aromatic N) is 7. The highest BCUT2D eigenvalue weighted by atomic mass is 32.2. The van der Waals surface area contributed by atoms with Crippen molar-refractivity contribution in [3.8, 4) is 5.69 Å². The molecule has 2 aromatic heterocycles. The van der Waals surface area contributed by atoms with Crippen LogP contribution in [0.25, 0.3) is 5.69 Å². The van der Waals surface area contributed by atoms with E-state index in [1.165, 1.54) is 4.31 Å². The molecule has 0 aliphatic carbocycles. The summed E-state index contributed by atoms with van der Waals surface area (Å²) in [5.74, 6) is 0.562. The molecule has 2 aromatic carbocycles. The third-order valence-corrected chi connectivity index (χ3v) is 7.60. The van der Waals surface area contributed by atoms with Gasteiger partial charge < -0.3 is 0 Å². The Kier molecular flexibility index (Phi) is 4.58. The molecule has 9 nitrogen and oxygen atoms in total. The van der Waals surface area contributed by atoms with Crippen LogP contribution in [-0.4, -0.2) is 45.0 Å². The van der Waals surface area contributed by atoms with Crippen molar-refractivity contribution in [3.63, 3.8) is 0 Å². The standard InChI is InChI=1S/C21H21N7O2S/c1-15-21(31(29,30)27-13-12-17-8-6-7-11-19(17)27)16(2)26(23-15)14-20-22-24-25-28(20)18-9-4-3-5-10-18/h3-11H,12-14H2,1-2H3. The van der Waals surface area contributed by atoms with E-state index in [2.05, 4.69) is 20.6 Å². The Morgan fingerprint density at radius 3 is 2.55 bits per heavy atom.